The minimum absolute atomic E-state index is 0.0552. The average Bonchev–Trinajstić information content (AvgIpc) is 2.96. The van der Waals surface area contributed by atoms with Gasteiger partial charge in [-0.1, -0.05) is 19.1 Å². The molecule has 0 unspecified atom stereocenters. The van der Waals surface area contributed by atoms with Gasteiger partial charge in [0.2, 0.25) is 0 Å². The van der Waals surface area contributed by atoms with Crippen molar-refractivity contribution in [3.8, 4) is 11.3 Å². The van der Waals surface area contributed by atoms with Gasteiger partial charge in [-0.2, -0.15) is 0 Å². The van der Waals surface area contributed by atoms with Crippen molar-refractivity contribution in [3.63, 3.8) is 0 Å². The molecule has 0 radical (unpaired) electrons. The summed E-state index contributed by atoms with van der Waals surface area (Å²) in [5, 5.41) is 12.5. The van der Waals surface area contributed by atoms with E-state index in [2.05, 4.69) is 12.2 Å². The summed E-state index contributed by atoms with van der Waals surface area (Å²) in [5.41, 5.74) is 1.61. The fraction of sp³-hybridized carbons (Fsp3) is 0.421. The molecule has 1 aliphatic rings. The predicted molar refractivity (Wildman–Crippen MR) is 89.2 cm³/mol. The van der Waals surface area contributed by atoms with Crippen molar-refractivity contribution in [2.45, 2.75) is 45.3 Å². The van der Waals surface area contributed by atoms with Crippen LogP contribution in [-0.2, 0) is 0 Å². The van der Waals surface area contributed by atoms with Crippen molar-refractivity contribution in [3.05, 3.63) is 47.7 Å². The molecule has 0 aliphatic heterocycles. The maximum absolute atomic E-state index is 12.4. The summed E-state index contributed by atoms with van der Waals surface area (Å²) < 4.78 is 5.59. The van der Waals surface area contributed by atoms with E-state index in [0.717, 1.165) is 36.3 Å². The molecule has 3 rings (SSSR count). The summed E-state index contributed by atoms with van der Waals surface area (Å²) in [6, 6.07) is 11.4. The fourth-order valence-corrected chi connectivity index (χ4v) is 3.14. The fourth-order valence-electron chi connectivity index (χ4n) is 3.14. The van der Waals surface area contributed by atoms with Gasteiger partial charge in [-0.3, -0.25) is 4.79 Å². The number of furan rings is 1. The standard InChI is InChI=1S/C19H23NO3/c1-3-17(15-10-16(21)11-15)20-19(22)14-7-5-13(6-8-14)18-9-4-12(2)23-18/h4-9,15-17,21H,3,10-11H2,1-2H3,(H,20,22)/t15?,16?,17-/m0/s1. The number of aliphatic hydroxyl groups excluding tert-OH is 1. The largest absolute Gasteiger partial charge is 0.461 e. The molecule has 1 saturated carbocycles. The molecular weight excluding hydrogens is 290 g/mol. The maximum atomic E-state index is 12.4. The molecular formula is C19H23NO3. The molecule has 1 amide bonds. The lowest BCUT2D eigenvalue weighted by Gasteiger charge is -2.37. The summed E-state index contributed by atoms with van der Waals surface area (Å²) >= 11 is 0. The van der Waals surface area contributed by atoms with Crippen molar-refractivity contribution >= 4 is 5.91 Å². The van der Waals surface area contributed by atoms with Gasteiger partial charge in [-0.15, -0.1) is 0 Å². The van der Waals surface area contributed by atoms with Crippen LogP contribution in [0.4, 0.5) is 0 Å². The number of nitrogens with one attached hydrogen (secondary N) is 1. The van der Waals surface area contributed by atoms with Crippen LogP contribution < -0.4 is 5.32 Å². The zero-order valence-electron chi connectivity index (χ0n) is 13.6. The third kappa shape index (κ3) is 3.48. The van der Waals surface area contributed by atoms with E-state index in [0.29, 0.717) is 11.5 Å². The van der Waals surface area contributed by atoms with Crippen molar-refractivity contribution in [2.24, 2.45) is 5.92 Å². The van der Waals surface area contributed by atoms with Gasteiger partial charge in [0.05, 0.1) is 6.10 Å². The van der Waals surface area contributed by atoms with Gasteiger partial charge < -0.3 is 14.8 Å². The molecule has 1 aromatic carbocycles. The third-order valence-electron chi connectivity index (χ3n) is 4.65. The zero-order chi connectivity index (χ0) is 16.4. The van der Waals surface area contributed by atoms with Gasteiger partial charge in [0, 0.05) is 17.2 Å². The van der Waals surface area contributed by atoms with Crippen molar-refractivity contribution in [1.29, 1.82) is 0 Å². The molecule has 1 atom stereocenters. The molecule has 4 nitrogen and oxygen atoms in total. The Morgan fingerprint density at radius 1 is 1.26 bits per heavy atom. The van der Waals surface area contributed by atoms with Gasteiger partial charge in [0.15, 0.2) is 0 Å². The molecule has 1 aromatic heterocycles. The normalized spacial score (nSPS) is 21.5. The van der Waals surface area contributed by atoms with E-state index < -0.39 is 0 Å². The Balaban J connectivity index is 1.65. The monoisotopic (exact) mass is 313 g/mol. The van der Waals surface area contributed by atoms with Crippen LogP contribution in [0.3, 0.4) is 0 Å². The van der Waals surface area contributed by atoms with Crippen LogP contribution in [0.1, 0.15) is 42.3 Å². The second-order valence-corrected chi connectivity index (χ2v) is 6.36. The number of carbonyl (C=O) groups is 1. The Hall–Kier alpha value is -2.07. The molecule has 1 aliphatic carbocycles. The number of rotatable bonds is 5. The highest BCUT2D eigenvalue weighted by Gasteiger charge is 2.33. The van der Waals surface area contributed by atoms with Crippen LogP contribution in [0, 0.1) is 12.8 Å². The Morgan fingerprint density at radius 2 is 1.96 bits per heavy atom. The average molecular weight is 313 g/mol. The van der Waals surface area contributed by atoms with Crippen LogP contribution in [-0.4, -0.2) is 23.2 Å². The Kier molecular flexibility index (Phi) is 4.53. The topological polar surface area (TPSA) is 62.5 Å². The van der Waals surface area contributed by atoms with Gasteiger partial charge in [-0.05, 0) is 56.4 Å². The highest BCUT2D eigenvalue weighted by atomic mass is 16.3. The zero-order valence-corrected chi connectivity index (χ0v) is 13.6. The Morgan fingerprint density at radius 3 is 2.48 bits per heavy atom. The number of aryl methyl sites for hydroxylation is 1. The van der Waals surface area contributed by atoms with Crippen LogP contribution in [0.15, 0.2) is 40.8 Å². The van der Waals surface area contributed by atoms with Gasteiger partial charge >= 0.3 is 0 Å². The number of hydrogen-bond donors (Lipinski definition) is 2. The second-order valence-electron chi connectivity index (χ2n) is 6.36. The van der Waals surface area contributed by atoms with E-state index in [9.17, 15) is 9.90 Å². The molecule has 2 N–H and O–H groups in total. The van der Waals surface area contributed by atoms with E-state index >= 15 is 0 Å². The highest BCUT2D eigenvalue weighted by Crippen LogP contribution is 2.31. The van der Waals surface area contributed by atoms with E-state index in [-0.39, 0.29) is 18.1 Å². The number of benzene rings is 1. The number of carbonyl (C=O) groups excluding carboxylic acids is 1. The molecule has 1 heterocycles. The van der Waals surface area contributed by atoms with E-state index in [1.807, 2.05) is 43.3 Å². The Bertz CT molecular complexity index is 668. The van der Waals surface area contributed by atoms with Gasteiger partial charge in [0.25, 0.3) is 5.91 Å². The minimum Gasteiger partial charge on any atom is -0.461 e. The first kappa shape index (κ1) is 15.8. The smallest absolute Gasteiger partial charge is 0.251 e. The van der Waals surface area contributed by atoms with E-state index in [4.69, 9.17) is 4.42 Å². The van der Waals surface area contributed by atoms with Crippen molar-refractivity contribution in [1.82, 2.24) is 5.32 Å². The first-order valence-corrected chi connectivity index (χ1v) is 8.22. The van der Waals surface area contributed by atoms with Crippen LogP contribution in [0.25, 0.3) is 11.3 Å². The molecule has 4 heteroatoms. The van der Waals surface area contributed by atoms with E-state index in [1.165, 1.54) is 0 Å². The van der Waals surface area contributed by atoms with Gasteiger partial charge in [-0.25, -0.2) is 0 Å². The first-order chi connectivity index (χ1) is 11.1. The van der Waals surface area contributed by atoms with Crippen molar-refractivity contribution in [2.75, 3.05) is 0 Å². The Labute approximate surface area is 136 Å². The first-order valence-electron chi connectivity index (χ1n) is 8.22. The second kappa shape index (κ2) is 6.59. The summed E-state index contributed by atoms with van der Waals surface area (Å²) in [6.45, 7) is 3.98. The lowest BCUT2D eigenvalue weighted by atomic mass is 9.76. The summed E-state index contributed by atoms with van der Waals surface area (Å²) in [4.78, 5) is 12.4. The third-order valence-corrected chi connectivity index (χ3v) is 4.65. The predicted octanol–water partition coefficient (Wildman–Crippen LogP) is 3.53. The summed E-state index contributed by atoms with van der Waals surface area (Å²) in [7, 11) is 0. The number of aliphatic hydroxyl groups is 1. The van der Waals surface area contributed by atoms with Crippen molar-refractivity contribution < 1.29 is 14.3 Å². The quantitative estimate of drug-likeness (QED) is 0.887. The van der Waals surface area contributed by atoms with Crippen LogP contribution >= 0.6 is 0 Å². The molecule has 0 bridgehead atoms. The lowest BCUT2D eigenvalue weighted by molar-refractivity contribution is 0.0232. The molecule has 23 heavy (non-hydrogen) atoms. The molecule has 0 spiro atoms. The van der Waals surface area contributed by atoms with Crippen LogP contribution in [0.5, 0.6) is 0 Å². The molecule has 1 fully saturated rings. The lowest BCUT2D eigenvalue weighted by Crippen LogP contribution is -2.46. The molecule has 122 valence electrons. The highest BCUT2D eigenvalue weighted by molar-refractivity contribution is 5.94. The number of amides is 1. The minimum atomic E-state index is -0.193. The summed E-state index contributed by atoms with van der Waals surface area (Å²) in [5.74, 6) is 2.02. The van der Waals surface area contributed by atoms with Gasteiger partial charge in [0.1, 0.15) is 11.5 Å². The maximum Gasteiger partial charge on any atom is 0.251 e. The molecule has 0 saturated heterocycles. The SMILES string of the molecule is CC[C@H](NC(=O)c1ccc(-c2ccc(C)o2)cc1)C1CC(O)C1. The number of hydrogen-bond acceptors (Lipinski definition) is 3. The van der Waals surface area contributed by atoms with Crippen LogP contribution in [0.2, 0.25) is 0 Å². The summed E-state index contributed by atoms with van der Waals surface area (Å²) in [6.07, 6.45) is 2.26. The van der Waals surface area contributed by atoms with E-state index in [1.54, 1.807) is 0 Å². The molecule has 2 aromatic rings.